The fourth-order valence-corrected chi connectivity index (χ4v) is 2.76. The lowest BCUT2D eigenvalue weighted by atomic mass is 10.1. The zero-order chi connectivity index (χ0) is 12.5. The van der Waals surface area contributed by atoms with Gasteiger partial charge in [-0.2, -0.15) is 0 Å². The molecule has 2 aliphatic rings. The fourth-order valence-electron chi connectivity index (χ4n) is 2.76. The largest absolute Gasteiger partial charge is 0.315 e. The van der Waals surface area contributed by atoms with Crippen molar-refractivity contribution in [3.8, 4) is 0 Å². The van der Waals surface area contributed by atoms with E-state index in [1.807, 2.05) is 0 Å². The molecule has 1 atom stereocenters. The van der Waals surface area contributed by atoms with Crippen LogP contribution in [-0.4, -0.2) is 35.8 Å². The molecule has 0 radical (unpaired) electrons. The molecule has 1 aromatic carbocycles. The van der Waals surface area contributed by atoms with Crippen LogP contribution in [0.4, 0.5) is 0 Å². The van der Waals surface area contributed by atoms with Gasteiger partial charge in [0.1, 0.15) is 0 Å². The third-order valence-electron chi connectivity index (χ3n) is 3.71. The smallest absolute Gasteiger partial charge is 0.261 e. The zero-order valence-corrected chi connectivity index (χ0v) is 10.2. The minimum absolute atomic E-state index is 0.0000926. The maximum atomic E-state index is 12.3. The molecule has 1 unspecified atom stereocenters. The lowest BCUT2D eigenvalue weighted by Gasteiger charge is -2.24. The third kappa shape index (κ3) is 1.73. The van der Waals surface area contributed by atoms with E-state index in [1.54, 1.807) is 24.3 Å². The standard InChI is InChI=1S/C14H16N2O2/c17-13-11-6-1-2-7-12(11)14(18)16(13)10-5-3-4-8-15-9-10/h1-2,6-7,10,15H,3-5,8-9H2. The Bertz CT molecular complexity index is 455. The number of benzene rings is 1. The van der Waals surface area contributed by atoms with E-state index in [4.69, 9.17) is 0 Å². The average molecular weight is 244 g/mol. The molecule has 1 fully saturated rings. The summed E-state index contributed by atoms with van der Waals surface area (Å²) in [4.78, 5) is 26.0. The van der Waals surface area contributed by atoms with Crippen LogP contribution in [0.2, 0.25) is 0 Å². The summed E-state index contributed by atoms with van der Waals surface area (Å²) < 4.78 is 0. The molecule has 2 aliphatic heterocycles. The summed E-state index contributed by atoms with van der Waals surface area (Å²) in [5.41, 5.74) is 1.10. The lowest BCUT2D eigenvalue weighted by Crippen LogP contribution is -2.44. The van der Waals surface area contributed by atoms with E-state index in [2.05, 4.69) is 5.32 Å². The summed E-state index contributed by atoms with van der Waals surface area (Å²) in [5, 5.41) is 3.30. The summed E-state index contributed by atoms with van der Waals surface area (Å²) in [5.74, 6) is -0.270. The maximum absolute atomic E-state index is 12.3. The van der Waals surface area contributed by atoms with Crippen molar-refractivity contribution in [3.63, 3.8) is 0 Å². The Labute approximate surface area is 106 Å². The minimum atomic E-state index is -0.135. The molecule has 0 bridgehead atoms. The summed E-state index contributed by atoms with van der Waals surface area (Å²) in [6.07, 6.45) is 3.07. The van der Waals surface area contributed by atoms with Gasteiger partial charge in [-0.15, -0.1) is 0 Å². The van der Waals surface area contributed by atoms with Crippen LogP contribution in [0.1, 0.15) is 40.0 Å². The van der Waals surface area contributed by atoms with E-state index < -0.39 is 0 Å². The van der Waals surface area contributed by atoms with Gasteiger partial charge in [-0.1, -0.05) is 18.6 Å². The molecule has 94 valence electrons. The van der Waals surface area contributed by atoms with Crippen LogP contribution in [0.15, 0.2) is 24.3 Å². The number of hydrogen-bond donors (Lipinski definition) is 1. The molecule has 4 nitrogen and oxygen atoms in total. The number of carbonyl (C=O) groups excluding carboxylic acids is 2. The third-order valence-corrected chi connectivity index (χ3v) is 3.71. The highest BCUT2D eigenvalue weighted by Gasteiger charge is 2.39. The first-order chi connectivity index (χ1) is 8.79. The minimum Gasteiger partial charge on any atom is -0.315 e. The van der Waals surface area contributed by atoms with Crippen LogP contribution in [0.5, 0.6) is 0 Å². The Morgan fingerprint density at radius 3 is 2.39 bits per heavy atom. The number of rotatable bonds is 1. The first kappa shape index (κ1) is 11.4. The van der Waals surface area contributed by atoms with Crippen molar-refractivity contribution >= 4 is 11.8 Å². The summed E-state index contributed by atoms with van der Waals surface area (Å²) in [6, 6.07) is 7.08. The zero-order valence-electron chi connectivity index (χ0n) is 10.2. The van der Waals surface area contributed by atoms with Gasteiger partial charge in [-0.05, 0) is 31.5 Å². The molecule has 2 amide bonds. The summed E-state index contributed by atoms with van der Waals surface area (Å²) in [6.45, 7) is 1.69. The van der Waals surface area contributed by atoms with Gasteiger partial charge in [0.05, 0.1) is 17.2 Å². The number of amides is 2. The van der Waals surface area contributed by atoms with Crippen LogP contribution < -0.4 is 5.32 Å². The quantitative estimate of drug-likeness (QED) is 0.760. The predicted octanol–water partition coefficient (Wildman–Crippen LogP) is 1.42. The maximum Gasteiger partial charge on any atom is 0.261 e. The Balaban J connectivity index is 1.91. The van der Waals surface area contributed by atoms with Crippen molar-refractivity contribution in [2.45, 2.75) is 25.3 Å². The Hall–Kier alpha value is -1.68. The molecule has 18 heavy (non-hydrogen) atoms. The number of nitrogens with zero attached hydrogens (tertiary/aromatic N) is 1. The molecule has 0 spiro atoms. The highest BCUT2D eigenvalue weighted by molar-refractivity contribution is 6.21. The first-order valence-corrected chi connectivity index (χ1v) is 6.46. The molecular formula is C14H16N2O2. The monoisotopic (exact) mass is 244 g/mol. The van der Waals surface area contributed by atoms with E-state index in [-0.39, 0.29) is 17.9 Å². The van der Waals surface area contributed by atoms with Crippen LogP contribution in [0.25, 0.3) is 0 Å². The van der Waals surface area contributed by atoms with Crippen LogP contribution in [0, 0.1) is 0 Å². The van der Waals surface area contributed by atoms with Crippen molar-refractivity contribution in [2.75, 3.05) is 13.1 Å². The second-order valence-corrected chi connectivity index (χ2v) is 4.88. The number of nitrogens with one attached hydrogen (secondary N) is 1. The molecular weight excluding hydrogens is 228 g/mol. The van der Waals surface area contributed by atoms with Crippen LogP contribution in [-0.2, 0) is 0 Å². The molecule has 4 heteroatoms. The highest BCUT2D eigenvalue weighted by atomic mass is 16.2. The van der Waals surface area contributed by atoms with E-state index in [0.717, 1.165) is 25.8 Å². The Kier molecular flexibility index (Phi) is 2.88. The van der Waals surface area contributed by atoms with Gasteiger partial charge >= 0.3 is 0 Å². The summed E-state index contributed by atoms with van der Waals surface area (Å²) >= 11 is 0. The summed E-state index contributed by atoms with van der Waals surface area (Å²) in [7, 11) is 0. The van der Waals surface area contributed by atoms with Crippen molar-refractivity contribution < 1.29 is 9.59 Å². The van der Waals surface area contributed by atoms with Gasteiger partial charge < -0.3 is 5.32 Å². The normalized spacial score (nSPS) is 24.0. The van der Waals surface area contributed by atoms with Gasteiger partial charge in [0.15, 0.2) is 0 Å². The average Bonchev–Trinajstić information content (AvgIpc) is 2.61. The van der Waals surface area contributed by atoms with Crippen LogP contribution in [0.3, 0.4) is 0 Å². The second-order valence-electron chi connectivity index (χ2n) is 4.88. The molecule has 0 saturated carbocycles. The van der Waals surface area contributed by atoms with E-state index in [0.29, 0.717) is 17.7 Å². The lowest BCUT2D eigenvalue weighted by molar-refractivity contribution is 0.0579. The highest BCUT2D eigenvalue weighted by Crippen LogP contribution is 2.26. The predicted molar refractivity (Wildman–Crippen MR) is 67.5 cm³/mol. The van der Waals surface area contributed by atoms with Gasteiger partial charge in [-0.25, -0.2) is 0 Å². The number of fused-ring (bicyclic) bond motifs is 1. The molecule has 2 heterocycles. The second kappa shape index (κ2) is 4.53. The van der Waals surface area contributed by atoms with E-state index >= 15 is 0 Å². The molecule has 1 N–H and O–H groups in total. The van der Waals surface area contributed by atoms with Gasteiger partial charge in [0, 0.05) is 6.54 Å². The number of hydrogen-bond acceptors (Lipinski definition) is 3. The molecule has 0 aromatic heterocycles. The van der Waals surface area contributed by atoms with Crippen molar-refractivity contribution in [2.24, 2.45) is 0 Å². The molecule has 3 rings (SSSR count). The first-order valence-electron chi connectivity index (χ1n) is 6.46. The Morgan fingerprint density at radius 2 is 1.72 bits per heavy atom. The fraction of sp³-hybridized carbons (Fsp3) is 0.429. The van der Waals surface area contributed by atoms with Gasteiger partial charge in [0.2, 0.25) is 0 Å². The topological polar surface area (TPSA) is 49.4 Å². The van der Waals surface area contributed by atoms with E-state index in [9.17, 15) is 9.59 Å². The van der Waals surface area contributed by atoms with E-state index in [1.165, 1.54) is 4.90 Å². The van der Waals surface area contributed by atoms with Crippen molar-refractivity contribution in [3.05, 3.63) is 35.4 Å². The van der Waals surface area contributed by atoms with Gasteiger partial charge in [0.25, 0.3) is 11.8 Å². The van der Waals surface area contributed by atoms with Crippen molar-refractivity contribution in [1.82, 2.24) is 10.2 Å². The number of carbonyl (C=O) groups is 2. The van der Waals surface area contributed by atoms with Gasteiger partial charge in [-0.3, -0.25) is 14.5 Å². The van der Waals surface area contributed by atoms with Crippen molar-refractivity contribution in [1.29, 1.82) is 0 Å². The SMILES string of the molecule is O=C1c2ccccc2C(=O)N1C1CCCCNC1. The number of imide groups is 1. The Morgan fingerprint density at radius 1 is 1.06 bits per heavy atom. The molecule has 1 aromatic rings. The molecule has 1 saturated heterocycles. The van der Waals surface area contributed by atoms with Crippen LogP contribution >= 0.6 is 0 Å². The molecule has 0 aliphatic carbocycles.